The molecule has 0 amide bonds. The van der Waals surface area contributed by atoms with Gasteiger partial charge in [-0.15, -0.1) is 0 Å². The van der Waals surface area contributed by atoms with Gasteiger partial charge in [0, 0.05) is 6.54 Å². The van der Waals surface area contributed by atoms with Gasteiger partial charge in [-0.05, 0) is 47.7 Å². The summed E-state index contributed by atoms with van der Waals surface area (Å²) in [6, 6.07) is 7.57. The molecule has 0 aliphatic carbocycles. The van der Waals surface area contributed by atoms with Crippen LogP contribution in [0.2, 0.25) is 0 Å². The molecule has 114 valence electrons. The molecule has 0 aliphatic heterocycles. The zero-order valence-corrected chi connectivity index (χ0v) is 14.2. The van der Waals surface area contributed by atoms with Gasteiger partial charge < -0.3 is 15.4 Å². The Morgan fingerprint density at radius 3 is 2.86 bits per heavy atom. The summed E-state index contributed by atoms with van der Waals surface area (Å²) in [5, 5.41) is 4.41. The Kier molecular flexibility index (Phi) is 5.39. The molecule has 21 heavy (non-hydrogen) atoms. The summed E-state index contributed by atoms with van der Waals surface area (Å²) in [5.41, 5.74) is 8.41. The number of nitrogens with zero attached hydrogens (tertiary/aromatic N) is 3. The second-order valence-corrected chi connectivity index (χ2v) is 6.01. The van der Waals surface area contributed by atoms with Gasteiger partial charge in [0.15, 0.2) is 0 Å². The van der Waals surface area contributed by atoms with Crippen molar-refractivity contribution in [2.24, 2.45) is 5.73 Å². The van der Waals surface area contributed by atoms with Crippen molar-refractivity contribution < 1.29 is 4.74 Å². The summed E-state index contributed by atoms with van der Waals surface area (Å²) in [6.07, 6.45) is 1.80. The van der Waals surface area contributed by atoms with E-state index in [-0.39, 0.29) is 6.04 Å². The number of aromatic nitrogens is 2. The molecule has 0 saturated heterocycles. The molecule has 0 saturated carbocycles. The van der Waals surface area contributed by atoms with Crippen LogP contribution >= 0.6 is 15.9 Å². The summed E-state index contributed by atoms with van der Waals surface area (Å²) in [7, 11) is 5.74. The van der Waals surface area contributed by atoms with Crippen molar-refractivity contribution in [2.75, 3.05) is 27.7 Å². The summed E-state index contributed by atoms with van der Waals surface area (Å²) in [4.78, 5) is 2.12. The van der Waals surface area contributed by atoms with E-state index in [1.54, 1.807) is 13.3 Å². The van der Waals surface area contributed by atoms with Crippen LogP contribution in [0.5, 0.6) is 5.75 Å². The fourth-order valence-corrected chi connectivity index (χ4v) is 2.69. The zero-order chi connectivity index (χ0) is 15.4. The first-order valence-electron chi connectivity index (χ1n) is 6.78. The molecule has 5 nitrogen and oxygen atoms in total. The number of ether oxygens (including phenoxy) is 1. The smallest absolute Gasteiger partial charge is 0.119 e. The van der Waals surface area contributed by atoms with Crippen LogP contribution in [0.15, 0.2) is 34.9 Å². The van der Waals surface area contributed by atoms with E-state index in [4.69, 9.17) is 10.5 Å². The van der Waals surface area contributed by atoms with Gasteiger partial charge >= 0.3 is 0 Å². The van der Waals surface area contributed by atoms with Gasteiger partial charge in [0.2, 0.25) is 0 Å². The Morgan fingerprint density at radius 2 is 2.19 bits per heavy atom. The molecule has 1 aromatic heterocycles. The average Bonchev–Trinajstić information content (AvgIpc) is 2.85. The van der Waals surface area contributed by atoms with Crippen molar-refractivity contribution in [1.82, 2.24) is 14.7 Å². The molecule has 2 aromatic rings. The van der Waals surface area contributed by atoms with Crippen molar-refractivity contribution in [3.8, 4) is 5.75 Å². The Morgan fingerprint density at radius 1 is 1.43 bits per heavy atom. The standard InChI is InChI=1S/C15H21BrN4O/c1-19(2)7-8-20-15(13(16)10-18-20)14(17)11-5-4-6-12(9-11)21-3/h4-6,9-10,14H,7-8,17H2,1-3H3. The molecule has 1 atom stereocenters. The lowest BCUT2D eigenvalue weighted by atomic mass is 10.0. The van der Waals surface area contributed by atoms with E-state index in [0.29, 0.717) is 0 Å². The molecule has 0 radical (unpaired) electrons. The predicted molar refractivity (Wildman–Crippen MR) is 87.5 cm³/mol. The van der Waals surface area contributed by atoms with Gasteiger partial charge in [0.1, 0.15) is 5.75 Å². The Balaban J connectivity index is 2.29. The van der Waals surface area contributed by atoms with Gasteiger partial charge in [-0.1, -0.05) is 12.1 Å². The molecule has 0 aliphatic rings. The van der Waals surface area contributed by atoms with E-state index >= 15 is 0 Å². The topological polar surface area (TPSA) is 56.3 Å². The lowest BCUT2D eigenvalue weighted by Gasteiger charge is -2.17. The van der Waals surface area contributed by atoms with Crippen LogP contribution in [0.3, 0.4) is 0 Å². The fourth-order valence-electron chi connectivity index (χ4n) is 2.15. The second kappa shape index (κ2) is 7.06. The normalized spacial score (nSPS) is 12.7. The lowest BCUT2D eigenvalue weighted by Crippen LogP contribution is -2.23. The molecule has 1 unspecified atom stereocenters. The predicted octanol–water partition coefficient (Wildman–Crippen LogP) is 2.26. The van der Waals surface area contributed by atoms with E-state index in [1.807, 2.05) is 43.0 Å². The van der Waals surface area contributed by atoms with Crippen molar-refractivity contribution in [2.45, 2.75) is 12.6 Å². The van der Waals surface area contributed by atoms with Crippen LogP contribution in [0.25, 0.3) is 0 Å². The maximum absolute atomic E-state index is 6.43. The summed E-state index contributed by atoms with van der Waals surface area (Å²) < 4.78 is 8.15. The van der Waals surface area contributed by atoms with Crippen LogP contribution in [-0.2, 0) is 6.54 Å². The lowest BCUT2D eigenvalue weighted by molar-refractivity contribution is 0.368. The number of methoxy groups -OCH3 is 1. The molecular formula is C15H21BrN4O. The molecule has 6 heteroatoms. The van der Waals surface area contributed by atoms with Crippen LogP contribution in [0.4, 0.5) is 0 Å². The summed E-state index contributed by atoms with van der Waals surface area (Å²) in [6.45, 7) is 1.71. The minimum atomic E-state index is -0.251. The van der Waals surface area contributed by atoms with Gasteiger partial charge in [-0.3, -0.25) is 4.68 Å². The monoisotopic (exact) mass is 352 g/mol. The van der Waals surface area contributed by atoms with Crippen molar-refractivity contribution in [1.29, 1.82) is 0 Å². The number of halogens is 1. The molecular weight excluding hydrogens is 332 g/mol. The quantitative estimate of drug-likeness (QED) is 0.866. The number of nitrogens with two attached hydrogens (primary N) is 1. The van der Waals surface area contributed by atoms with Gasteiger partial charge in [-0.2, -0.15) is 5.10 Å². The summed E-state index contributed by atoms with van der Waals surface area (Å²) >= 11 is 3.55. The highest BCUT2D eigenvalue weighted by Crippen LogP contribution is 2.28. The van der Waals surface area contributed by atoms with Crippen molar-refractivity contribution in [3.63, 3.8) is 0 Å². The Bertz CT molecular complexity index is 597. The van der Waals surface area contributed by atoms with Crippen LogP contribution in [-0.4, -0.2) is 42.4 Å². The first kappa shape index (κ1) is 16.0. The first-order chi connectivity index (χ1) is 10.0. The Hall–Kier alpha value is -1.37. The van der Waals surface area contributed by atoms with E-state index in [2.05, 4.69) is 25.9 Å². The maximum Gasteiger partial charge on any atom is 0.119 e. The summed E-state index contributed by atoms with van der Waals surface area (Å²) in [5.74, 6) is 0.804. The third-order valence-corrected chi connectivity index (χ3v) is 3.95. The molecule has 1 aromatic carbocycles. The van der Waals surface area contributed by atoms with Gasteiger partial charge in [-0.25, -0.2) is 0 Å². The van der Waals surface area contributed by atoms with E-state index in [0.717, 1.165) is 34.6 Å². The third-order valence-electron chi connectivity index (χ3n) is 3.34. The molecule has 2 rings (SSSR count). The van der Waals surface area contributed by atoms with Gasteiger partial charge in [0.25, 0.3) is 0 Å². The van der Waals surface area contributed by atoms with Crippen LogP contribution in [0.1, 0.15) is 17.3 Å². The third kappa shape index (κ3) is 3.84. The molecule has 2 N–H and O–H groups in total. The van der Waals surface area contributed by atoms with Crippen LogP contribution in [0, 0.1) is 0 Å². The number of hydrogen-bond acceptors (Lipinski definition) is 4. The molecule has 1 heterocycles. The highest BCUT2D eigenvalue weighted by atomic mass is 79.9. The number of rotatable bonds is 6. The van der Waals surface area contributed by atoms with E-state index in [9.17, 15) is 0 Å². The minimum Gasteiger partial charge on any atom is -0.497 e. The largest absolute Gasteiger partial charge is 0.497 e. The first-order valence-corrected chi connectivity index (χ1v) is 7.57. The highest BCUT2D eigenvalue weighted by Gasteiger charge is 2.18. The fraction of sp³-hybridized carbons (Fsp3) is 0.400. The number of likely N-dealkylation sites (N-methyl/N-ethyl adjacent to an activating group) is 1. The van der Waals surface area contributed by atoms with E-state index < -0.39 is 0 Å². The van der Waals surface area contributed by atoms with Crippen molar-refractivity contribution in [3.05, 3.63) is 46.2 Å². The van der Waals surface area contributed by atoms with Crippen LogP contribution < -0.4 is 10.5 Å². The SMILES string of the molecule is COc1cccc(C(N)c2c(Br)cnn2CCN(C)C)c1. The molecule has 0 fully saturated rings. The maximum atomic E-state index is 6.43. The number of benzene rings is 1. The average molecular weight is 353 g/mol. The minimum absolute atomic E-state index is 0.251. The highest BCUT2D eigenvalue weighted by molar-refractivity contribution is 9.10. The van der Waals surface area contributed by atoms with E-state index in [1.165, 1.54) is 0 Å². The molecule has 0 bridgehead atoms. The van der Waals surface area contributed by atoms with Gasteiger partial charge in [0.05, 0.1) is 36.1 Å². The van der Waals surface area contributed by atoms with Crippen molar-refractivity contribution >= 4 is 15.9 Å². The molecule has 0 spiro atoms. The second-order valence-electron chi connectivity index (χ2n) is 5.16. The zero-order valence-electron chi connectivity index (χ0n) is 12.6. The Labute approximate surface area is 133 Å². The number of hydrogen-bond donors (Lipinski definition) is 1.